The van der Waals surface area contributed by atoms with Crippen LogP contribution < -0.4 is 5.32 Å². The summed E-state index contributed by atoms with van der Waals surface area (Å²) in [5.74, 6) is 0.333. The molecule has 0 spiro atoms. The first-order chi connectivity index (χ1) is 9.28. The van der Waals surface area contributed by atoms with Crippen LogP contribution in [0.4, 0.5) is 0 Å². The fraction of sp³-hybridized carbons (Fsp3) is 0.375. The Balaban J connectivity index is 1.98. The first-order valence-electron chi connectivity index (χ1n) is 6.81. The van der Waals surface area contributed by atoms with Gasteiger partial charge in [0.2, 0.25) is 0 Å². The van der Waals surface area contributed by atoms with E-state index in [4.69, 9.17) is 0 Å². The van der Waals surface area contributed by atoms with Gasteiger partial charge in [0.25, 0.3) is 0 Å². The predicted molar refractivity (Wildman–Crippen MR) is 81.9 cm³/mol. The molecule has 2 nitrogen and oxygen atoms in total. The standard InChI is InChI=1S/C16H21NOS/c1-2-9-17-14(12-16-4-3-10-19-16)11-13-5-7-15(18)8-6-13/h3-8,10,14,17-18H,2,9,11-12H2,1H3. The molecule has 0 saturated heterocycles. The zero-order valence-corrected chi connectivity index (χ0v) is 12.1. The van der Waals surface area contributed by atoms with Crippen molar-refractivity contribution in [3.8, 4) is 5.75 Å². The Morgan fingerprint density at radius 2 is 1.95 bits per heavy atom. The van der Waals surface area contributed by atoms with Gasteiger partial charge in [0.05, 0.1) is 0 Å². The van der Waals surface area contributed by atoms with Crippen molar-refractivity contribution in [3.05, 3.63) is 52.2 Å². The molecule has 0 fully saturated rings. The molecule has 3 heteroatoms. The number of benzene rings is 1. The van der Waals surface area contributed by atoms with Gasteiger partial charge in [0.15, 0.2) is 0 Å². The molecular formula is C16H21NOS. The molecule has 1 heterocycles. The van der Waals surface area contributed by atoms with Crippen LogP contribution in [0, 0.1) is 0 Å². The normalized spacial score (nSPS) is 12.5. The highest BCUT2D eigenvalue weighted by Crippen LogP contribution is 2.16. The van der Waals surface area contributed by atoms with Gasteiger partial charge in [-0.2, -0.15) is 0 Å². The van der Waals surface area contributed by atoms with Crippen molar-refractivity contribution in [2.75, 3.05) is 6.54 Å². The Morgan fingerprint density at radius 3 is 2.58 bits per heavy atom. The van der Waals surface area contributed by atoms with E-state index in [0.717, 1.165) is 25.8 Å². The number of rotatable bonds is 7. The Hall–Kier alpha value is -1.32. The van der Waals surface area contributed by atoms with Gasteiger partial charge in [-0.25, -0.2) is 0 Å². The molecule has 0 bridgehead atoms. The average molecular weight is 275 g/mol. The lowest BCUT2D eigenvalue weighted by Gasteiger charge is -2.18. The highest BCUT2D eigenvalue weighted by atomic mass is 32.1. The summed E-state index contributed by atoms with van der Waals surface area (Å²) in [6.07, 6.45) is 3.22. The first kappa shape index (κ1) is 14.1. The molecule has 0 radical (unpaired) electrons. The quantitative estimate of drug-likeness (QED) is 0.809. The van der Waals surface area contributed by atoms with Crippen molar-refractivity contribution >= 4 is 11.3 Å². The summed E-state index contributed by atoms with van der Waals surface area (Å²) < 4.78 is 0. The number of thiophene rings is 1. The van der Waals surface area contributed by atoms with Crippen LogP contribution in [0.25, 0.3) is 0 Å². The van der Waals surface area contributed by atoms with E-state index in [1.54, 1.807) is 12.1 Å². The molecule has 0 amide bonds. The van der Waals surface area contributed by atoms with Crippen molar-refractivity contribution in [1.82, 2.24) is 5.32 Å². The Kier molecular flexibility index (Phi) is 5.43. The predicted octanol–water partition coefficient (Wildman–Crippen LogP) is 3.61. The summed E-state index contributed by atoms with van der Waals surface area (Å²) in [6.45, 7) is 3.24. The molecule has 1 aromatic heterocycles. The van der Waals surface area contributed by atoms with Gasteiger partial charge in [-0.05, 0) is 54.9 Å². The van der Waals surface area contributed by atoms with E-state index in [0.29, 0.717) is 11.8 Å². The van der Waals surface area contributed by atoms with Crippen LogP contribution in [-0.2, 0) is 12.8 Å². The summed E-state index contributed by atoms with van der Waals surface area (Å²) >= 11 is 1.82. The molecule has 1 unspecified atom stereocenters. The molecule has 0 aliphatic carbocycles. The minimum absolute atomic E-state index is 0.333. The van der Waals surface area contributed by atoms with Crippen LogP contribution in [0.2, 0.25) is 0 Å². The van der Waals surface area contributed by atoms with Crippen molar-refractivity contribution in [1.29, 1.82) is 0 Å². The van der Waals surface area contributed by atoms with Crippen LogP contribution in [0.3, 0.4) is 0 Å². The molecule has 0 aliphatic rings. The molecule has 2 N–H and O–H groups in total. The van der Waals surface area contributed by atoms with Crippen LogP contribution >= 0.6 is 11.3 Å². The van der Waals surface area contributed by atoms with Gasteiger partial charge in [-0.3, -0.25) is 0 Å². The maximum atomic E-state index is 9.33. The molecule has 19 heavy (non-hydrogen) atoms. The largest absolute Gasteiger partial charge is 0.508 e. The van der Waals surface area contributed by atoms with Crippen molar-refractivity contribution in [2.24, 2.45) is 0 Å². The third-order valence-electron chi connectivity index (χ3n) is 3.13. The zero-order chi connectivity index (χ0) is 13.5. The number of phenols is 1. The topological polar surface area (TPSA) is 32.3 Å². The Bertz CT molecular complexity index is 464. The summed E-state index contributed by atoms with van der Waals surface area (Å²) in [7, 11) is 0. The molecule has 0 saturated carbocycles. The van der Waals surface area contributed by atoms with Gasteiger partial charge in [-0.15, -0.1) is 11.3 Å². The minimum atomic E-state index is 0.333. The summed E-state index contributed by atoms with van der Waals surface area (Å²) in [4.78, 5) is 1.42. The van der Waals surface area contributed by atoms with E-state index >= 15 is 0 Å². The second kappa shape index (κ2) is 7.31. The third kappa shape index (κ3) is 4.69. The molecule has 1 aromatic carbocycles. The van der Waals surface area contributed by atoms with E-state index in [9.17, 15) is 5.11 Å². The number of hydrogen-bond donors (Lipinski definition) is 2. The van der Waals surface area contributed by atoms with Crippen molar-refractivity contribution < 1.29 is 5.11 Å². The lowest BCUT2D eigenvalue weighted by molar-refractivity contribution is 0.474. The maximum Gasteiger partial charge on any atom is 0.115 e. The lowest BCUT2D eigenvalue weighted by Crippen LogP contribution is -2.33. The van der Waals surface area contributed by atoms with Gasteiger partial charge in [0, 0.05) is 10.9 Å². The van der Waals surface area contributed by atoms with Crippen LogP contribution in [0.5, 0.6) is 5.75 Å². The maximum absolute atomic E-state index is 9.33. The van der Waals surface area contributed by atoms with Crippen molar-refractivity contribution in [3.63, 3.8) is 0 Å². The van der Waals surface area contributed by atoms with Crippen LogP contribution in [0.1, 0.15) is 23.8 Å². The fourth-order valence-corrected chi connectivity index (χ4v) is 2.94. The summed E-state index contributed by atoms with van der Waals surface area (Å²) in [5.41, 5.74) is 1.27. The van der Waals surface area contributed by atoms with Gasteiger partial charge in [-0.1, -0.05) is 25.1 Å². The number of phenolic OH excluding ortho intramolecular Hbond substituents is 1. The zero-order valence-electron chi connectivity index (χ0n) is 11.3. The molecule has 0 aliphatic heterocycles. The van der Waals surface area contributed by atoms with E-state index in [-0.39, 0.29) is 0 Å². The fourth-order valence-electron chi connectivity index (χ4n) is 2.15. The molecule has 102 valence electrons. The highest BCUT2D eigenvalue weighted by molar-refractivity contribution is 7.09. The Morgan fingerprint density at radius 1 is 1.16 bits per heavy atom. The van der Waals surface area contributed by atoms with Crippen molar-refractivity contribution in [2.45, 2.75) is 32.2 Å². The third-order valence-corrected chi connectivity index (χ3v) is 4.03. The van der Waals surface area contributed by atoms with Crippen LogP contribution in [-0.4, -0.2) is 17.7 Å². The van der Waals surface area contributed by atoms with E-state index in [2.05, 4.69) is 29.8 Å². The van der Waals surface area contributed by atoms with E-state index in [1.807, 2.05) is 23.5 Å². The lowest BCUT2D eigenvalue weighted by atomic mass is 10.0. The van der Waals surface area contributed by atoms with E-state index < -0.39 is 0 Å². The Labute approximate surface area is 119 Å². The second-order valence-electron chi connectivity index (χ2n) is 4.81. The summed E-state index contributed by atoms with van der Waals surface area (Å²) in [6, 6.07) is 12.3. The number of hydrogen-bond acceptors (Lipinski definition) is 3. The molecule has 1 atom stereocenters. The van der Waals surface area contributed by atoms with Gasteiger partial charge >= 0.3 is 0 Å². The van der Waals surface area contributed by atoms with Gasteiger partial charge in [0.1, 0.15) is 5.75 Å². The average Bonchev–Trinajstić information content (AvgIpc) is 2.91. The monoisotopic (exact) mass is 275 g/mol. The minimum Gasteiger partial charge on any atom is -0.508 e. The SMILES string of the molecule is CCCNC(Cc1ccc(O)cc1)Cc1cccs1. The number of aromatic hydroxyl groups is 1. The first-order valence-corrected chi connectivity index (χ1v) is 7.69. The van der Waals surface area contributed by atoms with E-state index in [1.165, 1.54) is 10.4 Å². The smallest absolute Gasteiger partial charge is 0.115 e. The van der Waals surface area contributed by atoms with Crippen LogP contribution in [0.15, 0.2) is 41.8 Å². The molecular weight excluding hydrogens is 254 g/mol. The number of nitrogens with one attached hydrogen (secondary N) is 1. The molecule has 2 rings (SSSR count). The highest BCUT2D eigenvalue weighted by Gasteiger charge is 2.10. The van der Waals surface area contributed by atoms with Gasteiger partial charge < -0.3 is 10.4 Å². The second-order valence-corrected chi connectivity index (χ2v) is 5.84. The molecule has 2 aromatic rings. The summed E-state index contributed by atoms with van der Waals surface area (Å²) in [5, 5.41) is 15.1.